The van der Waals surface area contributed by atoms with E-state index in [0.29, 0.717) is 31.6 Å². The predicted octanol–water partition coefficient (Wildman–Crippen LogP) is 1.75. The molecular formula is C14H22FNO2. The summed E-state index contributed by atoms with van der Waals surface area (Å²) in [7, 11) is 1.65. The lowest BCUT2D eigenvalue weighted by Crippen LogP contribution is -2.33. The first-order valence-electron chi connectivity index (χ1n) is 6.20. The van der Waals surface area contributed by atoms with Crippen molar-refractivity contribution in [3.05, 3.63) is 35.6 Å². The zero-order valence-electron chi connectivity index (χ0n) is 11.1. The summed E-state index contributed by atoms with van der Waals surface area (Å²) >= 11 is 0. The molecule has 4 heteroatoms. The van der Waals surface area contributed by atoms with Gasteiger partial charge in [-0.3, -0.25) is 0 Å². The van der Waals surface area contributed by atoms with Gasteiger partial charge in [-0.2, -0.15) is 0 Å². The molecule has 3 nitrogen and oxygen atoms in total. The molecule has 0 fully saturated rings. The minimum atomic E-state index is -0.901. The second kappa shape index (κ2) is 7.46. The summed E-state index contributed by atoms with van der Waals surface area (Å²) in [5.41, 5.74) is -0.346. The standard InChI is InChI=1S/C14H22FNO2/c1-14(17,7-8-16-9-10-18-2)11-12-5-3-4-6-13(12)15/h3-6,16-17H,7-11H2,1-2H3. The highest BCUT2D eigenvalue weighted by Crippen LogP contribution is 2.18. The van der Waals surface area contributed by atoms with E-state index in [9.17, 15) is 9.50 Å². The molecule has 0 heterocycles. The second-order valence-electron chi connectivity index (χ2n) is 4.76. The van der Waals surface area contributed by atoms with Gasteiger partial charge in [0.1, 0.15) is 5.82 Å². The first-order chi connectivity index (χ1) is 8.55. The molecule has 0 aliphatic heterocycles. The van der Waals surface area contributed by atoms with Gasteiger partial charge >= 0.3 is 0 Å². The van der Waals surface area contributed by atoms with Crippen molar-refractivity contribution >= 4 is 0 Å². The van der Waals surface area contributed by atoms with Gasteiger partial charge in [-0.15, -0.1) is 0 Å². The number of hydrogen-bond acceptors (Lipinski definition) is 3. The molecule has 1 aromatic rings. The van der Waals surface area contributed by atoms with Gasteiger partial charge in [0.05, 0.1) is 12.2 Å². The zero-order chi connectivity index (χ0) is 13.4. The lowest BCUT2D eigenvalue weighted by molar-refractivity contribution is 0.0502. The fraction of sp³-hybridized carbons (Fsp3) is 0.571. The quantitative estimate of drug-likeness (QED) is 0.695. The number of methoxy groups -OCH3 is 1. The van der Waals surface area contributed by atoms with E-state index in [1.807, 2.05) is 0 Å². The minimum Gasteiger partial charge on any atom is -0.390 e. The van der Waals surface area contributed by atoms with E-state index in [4.69, 9.17) is 4.74 Å². The molecule has 2 N–H and O–H groups in total. The first-order valence-corrected chi connectivity index (χ1v) is 6.20. The zero-order valence-corrected chi connectivity index (χ0v) is 11.1. The summed E-state index contributed by atoms with van der Waals surface area (Å²) in [4.78, 5) is 0. The molecule has 0 amide bonds. The molecule has 0 aliphatic carbocycles. The van der Waals surface area contributed by atoms with Crippen LogP contribution in [-0.4, -0.2) is 37.5 Å². The summed E-state index contributed by atoms with van der Waals surface area (Å²) in [6.45, 7) is 3.82. The van der Waals surface area contributed by atoms with Crippen molar-refractivity contribution in [2.45, 2.75) is 25.4 Å². The molecule has 18 heavy (non-hydrogen) atoms. The van der Waals surface area contributed by atoms with Gasteiger partial charge in [-0.05, 0) is 31.5 Å². The Morgan fingerprint density at radius 3 is 2.72 bits per heavy atom. The Balaban J connectivity index is 2.37. The maximum atomic E-state index is 13.5. The molecule has 1 atom stereocenters. The van der Waals surface area contributed by atoms with Crippen LogP contribution in [0.25, 0.3) is 0 Å². The van der Waals surface area contributed by atoms with Gasteiger partial charge in [0.15, 0.2) is 0 Å². The maximum Gasteiger partial charge on any atom is 0.126 e. The number of aliphatic hydroxyl groups is 1. The minimum absolute atomic E-state index is 0.259. The van der Waals surface area contributed by atoms with Gasteiger partial charge in [0.25, 0.3) is 0 Å². The van der Waals surface area contributed by atoms with Crippen LogP contribution >= 0.6 is 0 Å². The molecule has 0 saturated carbocycles. The van der Waals surface area contributed by atoms with E-state index in [2.05, 4.69) is 5.32 Å². The van der Waals surface area contributed by atoms with Gasteiger partial charge in [-0.25, -0.2) is 4.39 Å². The molecule has 102 valence electrons. The van der Waals surface area contributed by atoms with E-state index in [0.717, 1.165) is 6.54 Å². The van der Waals surface area contributed by atoms with E-state index < -0.39 is 5.60 Å². The topological polar surface area (TPSA) is 41.5 Å². The van der Waals surface area contributed by atoms with Crippen LogP contribution in [0.5, 0.6) is 0 Å². The van der Waals surface area contributed by atoms with Crippen molar-refractivity contribution in [2.75, 3.05) is 26.8 Å². The Labute approximate surface area is 108 Å². The normalized spacial score (nSPS) is 14.4. The van der Waals surface area contributed by atoms with Gasteiger partial charge < -0.3 is 15.2 Å². The van der Waals surface area contributed by atoms with Crippen LogP contribution in [0.3, 0.4) is 0 Å². The third-order valence-electron chi connectivity index (χ3n) is 2.85. The molecule has 0 spiro atoms. The van der Waals surface area contributed by atoms with Gasteiger partial charge in [0.2, 0.25) is 0 Å². The van der Waals surface area contributed by atoms with Crippen LogP contribution in [0, 0.1) is 5.82 Å². The van der Waals surface area contributed by atoms with Crippen molar-refractivity contribution in [3.8, 4) is 0 Å². The number of hydrogen-bond donors (Lipinski definition) is 2. The number of rotatable bonds is 8. The average Bonchev–Trinajstić information content (AvgIpc) is 2.31. The molecule has 0 aliphatic rings. The van der Waals surface area contributed by atoms with Crippen LogP contribution in [0.15, 0.2) is 24.3 Å². The molecule has 0 saturated heterocycles. The fourth-order valence-corrected chi connectivity index (χ4v) is 1.80. The Morgan fingerprint density at radius 2 is 2.06 bits per heavy atom. The fourth-order valence-electron chi connectivity index (χ4n) is 1.80. The molecular weight excluding hydrogens is 233 g/mol. The molecule has 0 radical (unpaired) electrons. The van der Waals surface area contributed by atoms with E-state index in [-0.39, 0.29) is 5.82 Å². The number of halogens is 1. The third-order valence-corrected chi connectivity index (χ3v) is 2.85. The SMILES string of the molecule is COCCNCCC(C)(O)Cc1ccccc1F. The average molecular weight is 255 g/mol. The molecule has 0 aromatic heterocycles. The molecule has 0 bridgehead atoms. The highest BCUT2D eigenvalue weighted by Gasteiger charge is 2.21. The maximum absolute atomic E-state index is 13.5. The number of ether oxygens (including phenoxy) is 1. The van der Waals surface area contributed by atoms with Crippen LogP contribution in [-0.2, 0) is 11.2 Å². The summed E-state index contributed by atoms with van der Waals surface area (Å²) in [6, 6.07) is 6.57. The Morgan fingerprint density at radius 1 is 1.33 bits per heavy atom. The third kappa shape index (κ3) is 5.58. The van der Waals surface area contributed by atoms with E-state index >= 15 is 0 Å². The predicted molar refractivity (Wildman–Crippen MR) is 70.1 cm³/mol. The highest BCUT2D eigenvalue weighted by atomic mass is 19.1. The van der Waals surface area contributed by atoms with Gasteiger partial charge in [-0.1, -0.05) is 18.2 Å². The van der Waals surface area contributed by atoms with Gasteiger partial charge in [0, 0.05) is 20.1 Å². The smallest absolute Gasteiger partial charge is 0.126 e. The Hall–Kier alpha value is -0.970. The Kier molecular flexibility index (Phi) is 6.25. The van der Waals surface area contributed by atoms with Crippen LogP contribution < -0.4 is 5.32 Å². The summed E-state index contributed by atoms with van der Waals surface area (Å²) in [6.07, 6.45) is 0.899. The van der Waals surface area contributed by atoms with Crippen molar-refractivity contribution < 1.29 is 14.2 Å². The number of benzene rings is 1. The summed E-state index contributed by atoms with van der Waals surface area (Å²) < 4.78 is 18.4. The van der Waals surface area contributed by atoms with E-state index in [1.165, 1.54) is 6.07 Å². The van der Waals surface area contributed by atoms with Crippen molar-refractivity contribution in [1.29, 1.82) is 0 Å². The molecule has 1 unspecified atom stereocenters. The van der Waals surface area contributed by atoms with Crippen LogP contribution in [0.1, 0.15) is 18.9 Å². The largest absolute Gasteiger partial charge is 0.390 e. The summed E-state index contributed by atoms with van der Waals surface area (Å²) in [5, 5.41) is 13.4. The molecule has 1 rings (SSSR count). The highest BCUT2D eigenvalue weighted by molar-refractivity contribution is 5.19. The van der Waals surface area contributed by atoms with E-state index in [1.54, 1.807) is 32.2 Å². The lowest BCUT2D eigenvalue weighted by Gasteiger charge is -2.23. The lowest BCUT2D eigenvalue weighted by atomic mass is 9.93. The summed E-state index contributed by atoms with van der Waals surface area (Å²) in [5.74, 6) is -0.259. The van der Waals surface area contributed by atoms with Crippen molar-refractivity contribution in [3.63, 3.8) is 0 Å². The Bertz CT molecular complexity index is 355. The number of nitrogens with one attached hydrogen (secondary N) is 1. The van der Waals surface area contributed by atoms with Crippen LogP contribution in [0.4, 0.5) is 4.39 Å². The van der Waals surface area contributed by atoms with Crippen LogP contribution in [0.2, 0.25) is 0 Å². The second-order valence-corrected chi connectivity index (χ2v) is 4.76. The van der Waals surface area contributed by atoms with Crippen molar-refractivity contribution in [2.24, 2.45) is 0 Å². The first kappa shape index (κ1) is 15.1. The molecule has 1 aromatic carbocycles. The monoisotopic (exact) mass is 255 g/mol. The van der Waals surface area contributed by atoms with Crippen molar-refractivity contribution in [1.82, 2.24) is 5.32 Å².